The van der Waals surface area contributed by atoms with Gasteiger partial charge < -0.3 is 14.5 Å². The molecule has 1 N–H and O–H groups in total. The lowest BCUT2D eigenvalue weighted by atomic mass is 10.1. The third-order valence-electron chi connectivity index (χ3n) is 4.70. The molecule has 1 aliphatic heterocycles. The van der Waals surface area contributed by atoms with E-state index in [4.69, 9.17) is 9.47 Å². The summed E-state index contributed by atoms with van der Waals surface area (Å²) in [6, 6.07) is 6.14. The van der Waals surface area contributed by atoms with Crippen molar-refractivity contribution in [1.29, 1.82) is 0 Å². The third kappa shape index (κ3) is 3.61. The molecule has 1 aromatic heterocycles. The second-order valence-electron chi connectivity index (χ2n) is 6.29. The molecule has 0 radical (unpaired) electrons. The highest BCUT2D eigenvalue weighted by Gasteiger charge is 2.17. The van der Waals surface area contributed by atoms with Crippen molar-refractivity contribution in [2.45, 2.75) is 19.4 Å². The van der Waals surface area contributed by atoms with E-state index in [1.165, 1.54) is 13.2 Å². The van der Waals surface area contributed by atoms with Crippen LogP contribution in [0.1, 0.15) is 24.1 Å². The van der Waals surface area contributed by atoms with Gasteiger partial charge in [0.25, 0.3) is 5.56 Å². The van der Waals surface area contributed by atoms with Crippen LogP contribution < -0.4 is 20.7 Å². The zero-order chi connectivity index (χ0) is 18.0. The Labute approximate surface area is 145 Å². The fourth-order valence-electron chi connectivity index (χ4n) is 2.86. The first-order chi connectivity index (χ1) is 12.0. The number of hydrogen-bond acceptors (Lipinski definition) is 5. The van der Waals surface area contributed by atoms with Crippen LogP contribution in [-0.2, 0) is 13.5 Å². The largest absolute Gasteiger partial charge is 0.486 e. The molecule has 0 saturated carbocycles. The molecule has 1 aliphatic rings. The van der Waals surface area contributed by atoms with E-state index in [-0.39, 0.29) is 11.6 Å². The minimum atomic E-state index is -0.397. The van der Waals surface area contributed by atoms with Gasteiger partial charge in [-0.1, -0.05) is 6.07 Å². The maximum absolute atomic E-state index is 12.1. The van der Waals surface area contributed by atoms with Crippen LogP contribution in [0, 0.1) is 0 Å². The molecule has 134 valence electrons. The number of rotatable bonds is 5. The Morgan fingerprint density at radius 1 is 1.24 bits per heavy atom. The maximum atomic E-state index is 12.1. The average molecular weight is 345 g/mol. The molecule has 0 spiro atoms. The van der Waals surface area contributed by atoms with Gasteiger partial charge in [0.15, 0.2) is 11.5 Å². The Hall–Kier alpha value is -2.54. The van der Waals surface area contributed by atoms with Gasteiger partial charge in [0, 0.05) is 31.4 Å². The summed E-state index contributed by atoms with van der Waals surface area (Å²) in [4.78, 5) is 28.3. The number of benzene rings is 1. The minimum absolute atomic E-state index is 0.155. The van der Waals surface area contributed by atoms with Crippen LogP contribution in [0.3, 0.4) is 0 Å². The summed E-state index contributed by atoms with van der Waals surface area (Å²) in [6.45, 7) is 3.94. The van der Waals surface area contributed by atoms with Crippen molar-refractivity contribution < 1.29 is 9.47 Å². The van der Waals surface area contributed by atoms with E-state index in [1.54, 1.807) is 0 Å². The van der Waals surface area contributed by atoms with E-state index in [0.29, 0.717) is 31.7 Å². The van der Waals surface area contributed by atoms with Crippen molar-refractivity contribution in [1.82, 2.24) is 14.5 Å². The monoisotopic (exact) mass is 345 g/mol. The number of ether oxygens (including phenoxy) is 2. The van der Waals surface area contributed by atoms with Gasteiger partial charge in [-0.25, -0.2) is 4.79 Å². The molecule has 1 atom stereocenters. The maximum Gasteiger partial charge on any atom is 0.328 e. The van der Waals surface area contributed by atoms with E-state index < -0.39 is 5.69 Å². The fourth-order valence-corrected chi connectivity index (χ4v) is 2.86. The Balaban J connectivity index is 1.69. The lowest BCUT2D eigenvalue weighted by molar-refractivity contribution is 0.170. The lowest BCUT2D eigenvalue weighted by Crippen LogP contribution is -2.35. The van der Waals surface area contributed by atoms with Crippen molar-refractivity contribution >= 4 is 0 Å². The summed E-state index contributed by atoms with van der Waals surface area (Å²) in [5.74, 6) is 1.56. The summed E-state index contributed by atoms with van der Waals surface area (Å²) >= 11 is 0. The van der Waals surface area contributed by atoms with Crippen molar-refractivity contribution in [2.24, 2.45) is 7.05 Å². The van der Waals surface area contributed by atoms with Crippen molar-refractivity contribution in [3.63, 3.8) is 0 Å². The van der Waals surface area contributed by atoms with Crippen molar-refractivity contribution in [3.05, 3.63) is 56.4 Å². The standard InChI is InChI=1S/C18H23N3O4/c1-12(13-4-5-15-16(10-13)25-9-8-24-15)20(2)7-6-14-11-19-18(23)21(3)17(14)22/h4-5,10-12H,6-9H2,1-3H3,(H,19,23)/t12-/m1/s1. The molecule has 0 fully saturated rings. The highest BCUT2D eigenvalue weighted by atomic mass is 16.6. The van der Waals surface area contributed by atoms with E-state index in [1.807, 2.05) is 25.2 Å². The first-order valence-corrected chi connectivity index (χ1v) is 8.34. The Kier molecular flexibility index (Phi) is 4.94. The van der Waals surface area contributed by atoms with E-state index in [0.717, 1.165) is 21.6 Å². The van der Waals surface area contributed by atoms with Gasteiger partial charge in [-0.15, -0.1) is 0 Å². The van der Waals surface area contributed by atoms with E-state index >= 15 is 0 Å². The van der Waals surface area contributed by atoms with E-state index in [9.17, 15) is 9.59 Å². The molecule has 0 aliphatic carbocycles. The number of H-pyrrole nitrogens is 1. The highest BCUT2D eigenvalue weighted by molar-refractivity contribution is 5.44. The number of nitrogens with zero attached hydrogens (tertiary/aromatic N) is 2. The van der Waals surface area contributed by atoms with Gasteiger partial charge in [-0.3, -0.25) is 14.3 Å². The zero-order valence-corrected chi connectivity index (χ0v) is 14.7. The predicted octanol–water partition coefficient (Wildman–Crippen LogP) is 1.08. The normalized spacial score (nSPS) is 14.6. The van der Waals surface area contributed by atoms with Crippen LogP contribution in [0.15, 0.2) is 34.0 Å². The van der Waals surface area contributed by atoms with E-state index in [2.05, 4.69) is 16.8 Å². The third-order valence-corrected chi connectivity index (χ3v) is 4.70. The first-order valence-electron chi connectivity index (χ1n) is 8.34. The lowest BCUT2D eigenvalue weighted by Gasteiger charge is -2.26. The second-order valence-corrected chi connectivity index (χ2v) is 6.29. The molecule has 7 nitrogen and oxygen atoms in total. The summed E-state index contributed by atoms with van der Waals surface area (Å²) in [5, 5.41) is 0. The average Bonchev–Trinajstić information content (AvgIpc) is 2.64. The molecule has 0 bridgehead atoms. The van der Waals surface area contributed by atoms with Crippen LogP contribution in [0.4, 0.5) is 0 Å². The fraction of sp³-hybridized carbons (Fsp3) is 0.444. The molecular weight excluding hydrogens is 322 g/mol. The number of likely N-dealkylation sites (N-methyl/N-ethyl adjacent to an activating group) is 1. The van der Waals surface area contributed by atoms with Gasteiger partial charge >= 0.3 is 5.69 Å². The van der Waals surface area contributed by atoms with Crippen molar-refractivity contribution in [2.75, 3.05) is 26.8 Å². The van der Waals surface area contributed by atoms with Gasteiger partial charge in [-0.2, -0.15) is 0 Å². The molecule has 2 heterocycles. The Morgan fingerprint density at radius 2 is 1.96 bits per heavy atom. The smallest absolute Gasteiger partial charge is 0.328 e. The predicted molar refractivity (Wildman–Crippen MR) is 94.5 cm³/mol. The molecular formula is C18H23N3O4. The quantitative estimate of drug-likeness (QED) is 0.878. The van der Waals surface area contributed by atoms with Gasteiger partial charge in [0.05, 0.1) is 0 Å². The first kappa shape index (κ1) is 17.3. The summed E-state index contributed by atoms with van der Waals surface area (Å²) in [5.41, 5.74) is 1.08. The molecule has 3 rings (SSSR count). The zero-order valence-electron chi connectivity index (χ0n) is 14.7. The molecule has 1 aromatic carbocycles. The molecule has 7 heteroatoms. The number of nitrogens with one attached hydrogen (secondary N) is 1. The highest BCUT2D eigenvalue weighted by Crippen LogP contribution is 2.33. The number of aromatic nitrogens is 2. The summed E-state index contributed by atoms with van der Waals surface area (Å²) < 4.78 is 12.3. The molecule has 25 heavy (non-hydrogen) atoms. The summed E-state index contributed by atoms with van der Waals surface area (Å²) in [6.07, 6.45) is 2.07. The van der Waals surface area contributed by atoms with Crippen LogP contribution in [-0.4, -0.2) is 41.3 Å². The van der Waals surface area contributed by atoms with Crippen LogP contribution in [0.5, 0.6) is 11.5 Å². The van der Waals surface area contributed by atoms with Gasteiger partial charge in [-0.05, 0) is 38.1 Å². The number of fused-ring (bicyclic) bond motifs is 1. The second kappa shape index (κ2) is 7.14. The topological polar surface area (TPSA) is 76.6 Å². The molecule has 0 amide bonds. The number of hydrogen-bond donors (Lipinski definition) is 1. The van der Waals surface area contributed by atoms with Crippen LogP contribution >= 0.6 is 0 Å². The Morgan fingerprint density at radius 3 is 2.72 bits per heavy atom. The van der Waals surface area contributed by atoms with Gasteiger partial charge in [0.1, 0.15) is 13.2 Å². The SMILES string of the molecule is C[C@H](c1ccc2c(c1)OCCO2)N(C)CCc1c[nH]c(=O)n(C)c1=O. The molecule has 2 aromatic rings. The minimum Gasteiger partial charge on any atom is -0.486 e. The molecule has 0 saturated heterocycles. The van der Waals surface area contributed by atoms with Crippen LogP contribution in [0.2, 0.25) is 0 Å². The summed E-state index contributed by atoms with van der Waals surface area (Å²) in [7, 11) is 3.49. The Bertz CT molecular complexity index is 871. The van der Waals surface area contributed by atoms with Crippen LogP contribution in [0.25, 0.3) is 0 Å². The molecule has 0 unspecified atom stereocenters. The van der Waals surface area contributed by atoms with Gasteiger partial charge in [0.2, 0.25) is 0 Å². The van der Waals surface area contributed by atoms with Crippen molar-refractivity contribution in [3.8, 4) is 11.5 Å². The number of aromatic amines is 1.